The van der Waals surface area contributed by atoms with Crippen LogP contribution < -0.4 is 14.4 Å². The minimum Gasteiger partial charge on any atom is -0.488 e. The van der Waals surface area contributed by atoms with E-state index in [4.69, 9.17) is 9.47 Å². The summed E-state index contributed by atoms with van der Waals surface area (Å²) in [5.41, 5.74) is 2.56. The molecule has 1 unspecified atom stereocenters. The summed E-state index contributed by atoms with van der Waals surface area (Å²) in [6, 6.07) is 13.5. The Hall–Kier alpha value is -4.32. The quantitative estimate of drug-likeness (QED) is 0.617. The van der Waals surface area contributed by atoms with Gasteiger partial charge in [-0.05, 0) is 17.7 Å². The van der Waals surface area contributed by atoms with Gasteiger partial charge in [-0.25, -0.2) is 14.8 Å². The van der Waals surface area contributed by atoms with E-state index in [0.717, 1.165) is 16.5 Å². The minimum absolute atomic E-state index is 0.112. The number of nitrogens with zero attached hydrogens (tertiary/aromatic N) is 5. The predicted octanol–water partition coefficient (Wildman–Crippen LogP) is 3.70. The molecule has 172 valence electrons. The van der Waals surface area contributed by atoms with E-state index in [0.29, 0.717) is 49.1 Å². The Labute approximate surface area is 196 Å². The molecule has 0 aliphatic carbocycles. The Balaban J connectivity index is 1.53. The number of carboxylic acid groups (broad SMARTS) is 1. The van der Waals surface area contributed by atoms with Crippen LogP contribution in [-0.4, -0.2) is 58.4 Å². The summed E-state index contributed by atoms with van der Waals surface area (Å²) in [6.07, 6.45) is 4.50. The first-order valence-corrected chi connectivity index (χ1v) is 11.0. The summed E-state index contributed by atoms with van der Waals surface area (Å²) in [4.78, 5) is 24.0. The number of benzene rings is 2. The number of ether oxygens (including phenoxy) is 2. The monoisotopic (exact) mass is 457 g/mol. The summed E-state index contributed by atoms with van der Waals surface area (Å²) in [5.74, 6) is 1.99. The molecule has 1 atom stereocenters. The lowest BCUT2D eigenvalue weighted by molar-refractivity contribution is 0.119. The van der Waals surface area contributed by atoms with E-state index in [1.54, 1.807) is 0 Å². The molecule has 3 aromatic rings. The highest BCUT2D eigenvalue weighted by molar-refractivity contribution is 5.99. The lowest BCUT2D eigenvalue weighted by atomic mass is 10.0. The standard InChI is InChI=1S/C25H23N5O4/c26-9-8-18-14-29(10-11-30(18)25(31)32)24-22-20(27-16-28-24)13-21(19-7-4-12-33-23(19)22)34-15-17-5-2-1-3-6-17/h1-7,13,16,18H,8,10-12,14-15H2,(H,31,32). The number of nitriles is 1. The molecule has 5 rings (SSSR count). The zero-order valence-electron chi connectivity index (χ0n) is 18.4. The summed E-state index contributed by atoms with van der Waals surface area (Å²) < 4.78 is 12.2. The minimum atomic E-state index is -1.02. The van der Waals surface area contributed by atoms with Gasteiger partial charge in [-0.3, -0.25) is 0 Å². The molecule has 0 bridgehead atoms. The zero-order chi connectivity index (χ0) is 23.5. The molecule has 1 aromatic heterocycles. The van der Waals surface area contributed by atoms with E-state index < -0.39 is 12.1 Å². The number of amides is 1. The number of hydrogen-bond donors (Lipinski definition) is 1. The van der Waals surface area contributed by atoms with Crippen molar-refractivity contribution in [2.45, 2.75) is 19.1 Å². The topological polar surface area (TPSA) is 112 Å². The largest absolute Gasteiger partial charge is 0.488 e. The second kappa shape index (κ2) is 9.27. The third-order valence-electron chi connectivity index (χ3n) is 6.06. The molecule has 1 saturated heterocycles. The fourth-order valence-corrected chi connectivity index (χ4v) is 4.44. The number of hydrogen-bond acceptors (Lipinski definition) is 7. The maximum absolute atomic E-state index is 11.6. The van der Waals surface area contributed by atoms with E-state index >= 15 is 0 Å². The highest BCUT2D eigenvalue weighted by Crippen LogP contribution is 2.43. The van der Waals surface area contributed by atoms with E-state index in [2.05, 4.69) is 16.0 Å². The molecular weight excluding hydrogens is 434 g/mol. The van der Waals surface area contributed by atoms with Crippen molar-refractivity contribution in [1.29, 1.82) is 5.26 Å². The highest BCUT2D eigenvalue weighted by Gasteiger charge is 2.32. The Morgan fingerprint density at radius 2 is 2.12 bits per heavy atom. The molecule has 9 heteroatoms. The van der Waals surface area contributed by atoms with Gasteiger partial charge < -0.3 is 24.4 Å². The van der Waals surface area contributed by atoms with Crippen molar-refractivity contribution in [1.82, 2.24) is 14.9 Å². The van der Waals surface area contributed by atoms with Crippen LogP contribution in [0.25, 0.3) is 17.0 Å². The molecular formula is C25H23N5O4. The molecule has 2 aliphatic rings. The maximum atomic E-state index is 11.6. The van der Waals surface area contributed by atoms with Gasteiger partial charge >= 0.3 is 6.09 Å². The van der Waals surface area contributed by atoms with Crippen molar-refractivity contribution < 1.29 is 19.4 Å². The molecule has 1 amide bonds. The molecule has 1 N–H and O–H groups in total. The fraction of sp³-hybridized carbons (Fsp3) is 0.280. The predicted molar refractivity (Wildman–Crippen MR) is 126 cm³/mol. The number of piperazine rings is 1. The van der Waals surface area contributed by atoms with Crippen molar-refractivity contribution in [3.05, 3.63) is 59.9 Å². The smallest absolute Gasteiger partial charge is 0.407 e. The van der Waals surface area contributed by atoms with Gasteiger partial charge in [-0.15, -0.1) is 0 Å². The highest BCUT2D eigenvalue weighted by atomic mass is 16.5. The van der Waals surface area contributed by atoms with Crippen LogP contribution in [0.2, 0.25) is 0 Å². The molecule has 0 spiro atoms. The molecule has 0 radical (unpaired) electrons. The van der Waals surface area contributed by atoms with Crippen LogP contribution in [-0.2, 0) is 6.61 Å². The van der Waals surface area contributed by atoms with Crippen molar-refractivity contribution in [3.8, 4) is 17.6 Å². The van der Waals surface area contributed by atoms with Gasteiger partial charge in [0, 0.05) is 25.7 Å². The molecule has 0 saturated carbocycles. The van der Waals surface area contributed by atoms with Crippen LogP contribution in [0.4, 0.5) is 10.6 Å². The van der Waals surface area contributed by atoms with Crippen LogP contribution in [0.3, 0.4) is 0 Å². The van der Waals surface area contributed by atoms with Gasteiger partial charge in [0.25, 0.3) is 0 Å². The van der Waals surface area contributed by atoms with Gasteiger partial charge in [0.2, 0.25) is 0 Å². The zero-order valence-corrected chi connectivity index (χ0v) is 18.4. The molecule has 9 nitrogen and oxygen atoms in total. The Kier molecular flexibility index (Phi) is 5.87. The third-order valence-corrected chi connectivity index (χ3v) is 6.06. The molecule has 1 fully saturated rings. The van der Waals surface area contributed by atoms with Crippen molar-refractivity contribution >= 4 is 28.9 Å². The first-order valence-electron chi connectivity index (χ1n) is 11.0. The van der Waals surface area contributed by atoms with Gasteiger partial charge in [0.15, 0.2) is 0 Å². The second-order valence-corrected chi connectivity index (χ2v) is 8.13. The summed E-state index contributed by atoms with van der Waals surface area (Å²) in [5, 5.41) is 19.5. The van der Waals surface area contributed by atoms with E-state index in [9.17, 15) is 15.2 Å². The van der Waals surface area contributed by atoms with E-state index in [1.165, 1.54) is 11.2 Å². The maximum Gasteiger partial charge on any atom is 0.407 e. The Morgan fingerprint density at radius 3 is 2.91 bits per heavy atom. The van der Waals surface area contributed by atoms with Crippen molar-refractivity contribution in [3.63, 3.8) is 0 Å². The van der Waals surface area contributed by atoms with Gasteiger partial charge in [0.05, 0.1) is 35.0 Å². The third kappa shape index (κ3) is 4.06. The fourth-order valence-electron chi connectivity index (χ4n) is 4.44. The average molecular weight is 457 g/mol. The number of rotatable bonds is 5. The van der Waals surface area contributed by atoms with Crippen LogP contribution >= 0.6 is 0 Å². The number of anilines is 1. The number of aromatic nitrogens is 2. The van der Waals surface area contributed by atoms with Gasteiger partial charge in [0.1, 0.15) is 36.9 Å². The molecule has 34 heavy (non-hydrogen) atoms. The summed E-state index contributed by atoms with van der Waals surface area (Å²) in [6.45, 7) is 1.94. The lowest BCUT2D eigenvalue weighted by Crippen LogP contribution is -2.55. The Bertz CT molecular complexity index is 1290. The van der Waals surface area contributed by atoms with Crippen LogP contribution in [0.5, 0.6) is 11.5 Å². The van der Waals surface area contributed by atoms with Crippen LogP contribution in [0.15, 0.2) is 48.8 Å². The van der Waals surface area contributed by atoms with E-state index in [1.807, 2.05) is 53.5 Å². The lowest BCUT2D eigenvalue weighted by Gasteiger charge is -2.40. The molecule has 2 aromatic carbocycles. The number of fused-ring (bicyclic) bond motifs is 3. The van der Waals surface area contributed by atoms with Crippen LogP contribution in [0.1, 0.15) is 17.5 Å². The molecule has 2 aliphatic heterocycles. The second-order valence-electron chi connectivity index (χ2n) is 8.13. The summed E-state index contributed by atoms with van der Waals surface area (Å²) in [7, 11) is 0. The summed E-state index contributed by atoms with van der Waals surface area (Å²) >= 11 is 0. The SMILES string of the molecule is N#CCC1CN(c2ncnc3cc(OCc4ccccc4)c4c(c23)OCC=C4)CCN1C(=O)O. The first-order chi connectivity index (χ1) is 16.7. The Morgan fingerprint density at radius 1 is 1.26 bits per heavy atom. The van der Waals surface area contributed by atoms with Gasteiger partial charge in [-0.1, -0.05) is 30.3 Å². The normalized spacial score (nSPS) is 17.1. The molecule has 3 heterocycles. The number of carbonyl (C=O) groups is 1. The van der Waals surface area contributed by atoms with Crippen molar-refractivity contribution in [2.24, 2.45) is 0 Å². The van der Waals surface area contributed by atoms with E-state index in [-0.39, 0.29) is 13.0 Å². The van der Waals surface area contributed by atoms with Crippen LogP contribution in [0, 0.1) is 11.3 Å². The van der Waals surface area contributed by atoms with Gasteiger partial charge in [-0.2, -0.15) is 5.26 Å². The van der Waals surface area contributed by atoms with Crippen molar-refractivity contribution in [2.75, 3.05) is 31.1 Å². The first kappa shape index (κ1) is 21.5. The average Bonchev–Trinajstić information content (AvgIpc) is 2.87.